The second kappa shape index (κ2) is 3.93. The monoisotopic (exact) mass is 224 g/mol. The Morgan fingerprint density at radius 1 is 1.53 bits per heavy atom. The topological polar surface area (TPSA) is 59.7 Å². The number of esters is 1. The van der Waals surface area contributed by atoms with Crippen molar-refractivity contribution in [1.29, 1.82) is 0 Å². The van der Waals surface area contributed by atoms with Gasteiger partial charge in [-0.25, -0.2) is 4.79 Å². The molecule has 4 nitrogen and oxygen atoms in total. The van der Waals surface area contributed by atoms with E-state index in [0.717, 1.165) is 19.2 Å². The van der Waals surface area contributed by atoms with Crippen molar-refractivity contribution in [2.45, 2.75) is 12.3 Å². The van der Waals surface area contributed by atoms with Crippen molar-refractivity contribution in [2.75, 3.05) is 7.11 Å². The zero-order valence-electron chi connectivity index (χ0n) is 7.54. The summed E-state index contributed by atoms with van der Waals surface area (Å²) >= 11 is 0. The Morgan fingerprint density at radius 3 is 2.60 bits per heavy atom. The van der Waals surface area contributed by atoms with Crippen molar-refractivity contribution in [3.8, 4) is 0 Å². The van der Waals surface area contributed by atoms with Crippen LogP contribution in [0.2, 0.25) is 0 Å². The third-order valence-electron chi connectivity index (χ3n) is 1.59. The first-order valence-corrected chi connectivity index (χ1v) is 3.79. The summed E-state index contributed by atoms with van der Waals surface area (Å²) in [6.07, 6.45) is -7.57. The van der Waals surface area contributed by atoms with E-state index in [4.69, 9.17) is 5.11 Å². The van der Waals surface area contributed by atoms with Crippen LogP contribution in [-0.4, -0.2) is 24.4 Å². The van der Waals surface area contributed by atoms with E-state index < -0.39 is 29.8 Å². The van der Waals surface area contributed by atoms with Crippen LogP contribution in [0.25, 0.3) is 0 Å². The SMILES string of the molecule is COC(=O)c1ccc(C(O)C(F)(F)F)o1. The molecule has 84 valence electrons. The summed E-state index contributed by atoms with van der Waals surface area (Å²) in [7, 11) is 1.06. The van der Waals surface area contributed by atoms with Gasteiger partial charge in [-0.2, -0.15) is 13.2 Å². The van der Waals surface area contributed by atoms with E-state index in [2.05, 4.69) is 9.15 Å². The molecule has 0 aliphatic carbocycles. The normalized spacial score (nSPS) is 13.7. The van der Waals surface area contributed by atoms with Crippen molar-refractivity contribution in [1.82, 2.24) is 0 Å². The third-order valence-corrected chi connectivity index (χ3v) is 1.59. The molecule has 1 aromatic heterocycles. The third kappa shape index (κ3) is 2.50. The number of carbonyl (C=O) groups excluding carboxylic acids is 1. The summed E-state index contributed by atoms with van der Waals surface area (Å²) in [6, 6.07) is 1.86. The molecule has 0 saturated heterocycles. The smallest absolute Gasteiger partial charge is 0.421 e. The molecule has 7 heteroatoms. The number of hydrogen-bond acceptors (Lipinski definition) is 4. The van der Waals surface area contributed by atoms with Gasteiger partial charge in [-0.3, -0.25) is 0 Å². The van der Waals surface area contributed by atoms with E-state index in [0.29, 0.717) is 0 Å². The number of rotatable bonds is 2. The van der Waals surface area contributed by atoms with Crippen molar-refractivity contribution in [3.05, 3.63) is 23.7 Å². The Balaban J connectivity index is 2.89. The predicted octanol–water partition coefficient (Wildman–Crippen LogP) is 1.66. The lowest BCUT2D eigenvalue weighted by molar-refractivity contribution is -0.211. The standard InChI is InChI=1S/C8H7F3O4/c1-14-7(13)5-3-2-4(15-5)6(12)8(9,10)11/h2-3,6,12H,1H3. The van der Waals surface area contributed by atoms with Gasteiger partial charge in [0, 0.05) is 0 Å². The second-order valence-corrected chi connectivity index (χ2v) is 2.64. The first-order chi connectivity index (χ1) is 6.86. The van der Waals surface area contributed by atoms with Gasteiger partial charge in [-0.1, -0.05) is 0 Å². The Morgan fingerprint density at radius 2 is 2.13 bits per heavy atom. The van der Waals surface area contributed by atoms with Crippen LogP contribution in [0.1, 0.15) is 22.4 Å². The van der Waals surface area contributed by atoms with E-state index in [1.807, 2.05) is 0 Å². The lowest BCUT2D eigenvalue weighted by Crippen LogP contribution is -2.19. The molecule has 15 heavy (non-hydrogen) atoms. The molecule has 0 spiro atoms. The number of aliphatic hydroxyl groups is 1. The fourth-order valence-electron chi connectivity index (χ4n) is 0.871. The van der Waals surface area contributed by atoms with Crippen LogP contribution in [0.5, 0.6) is 0 Å². The van der Waals surface area contributed by atoms with Crippen molar-refractivity contribution >= 4 is 5.97 Å². The summed E-state index contributed by atoms with van der Waals surface area (Å²) in [6.45, 7) is 0. The molecule has 1 unspecified atom stereocenters. The van der Waals surface area contributed by atoms with E-state index in [9.17, 15) is 18.0 Å². The fourth-order valence-corrected chi connectivity index (χ4v) is 0.871. The highest BCUT2D eigenvalue weighted by Crippen LogP contribution is 2.33. The van der Waals surface area contributed by atoms with Crippen LogP contribution < -0.4 is 0 Å². The van der Waals surface area contributed by atoms with Gasteiger partial charge in [0.2, 0.25) is 11.9 Å². The fraction of sp³-hybridized carbons (Fsp3) is 0.375. The van der Waals surface area contributed by atoms with Crippen LogP contribution in [-0.2, 0) is 4.74 Å². The summed E-state index contributed by atoms with van der Waals surface area (Å²) in [5, 5.41) is 8.75. The average molecular weight is 224 g/mol. The van der Waals surface area contributed by atoms with Gasteiger partial charge in [-0.05, 0) is 12.1 Å². The highest BCUT2D eigenvalue weighted by atomic mass is 19.4. The van der Waals surface area contributed by atoms with Gasteiger partial charge in [0.05, 0.1) is 7.11 Å². The van der Waals surface area contributed by atoms with Gasteiger partial charge in [0.1, 0.15) is 5.76 Å². The molecular weight excluding hydrogens is 217 g/mol. The number of hydrogen-bond donors (Lipinski definition) is 1. The maximum absolute atomic E-state index is 12.0. The minimum Gasteiger partial charge on any atom is -0.463 e. The maximum atomic E-state index is 12.0. The molecular formula is C8H7F3O4. The number of aliphatic hydroxyl groups excluding tert-OH is 1. The maximum Gasteiger partial charge on any atom is 0.421 e. The largest absolute Gasteiger partial charge is 0.463 e. The highest BCUT2D eigenvalue weighted by Gasteiger charge is 2.41. The Labute approximate surface area is 82.3 Å². The van der Waals surface area contributed by atoms with E-state index >= 15 is 0 Å². The lowest BCUT2D eigenvalue weighted by atomic mass is 10.3. The van der Waals surface area contributed by atoms with E-state index in [-0.39, 0.29) is 0 Å². The van der Waals surface area contributed by atoms with Crippen molar-refractivity contribution in [2.24, 2.45) is 0 Å². The van der Waals surface area contributed by atoms with Crippen molar-refractivity contribution in [3.63, 3.8) is 0 Å². The van der Waals surface area contributed by atoms with Gasteiger partial charge in [-0.15, -0.1) is 0 Å². The summed E-state index contributed by atoms with van der Waals surface area (Å²) in [4.78, 5) is 10.8. The van der Waals surface area contributed by atoms with Crippen molar-refractivity contribution < 1.29 is 32.2 Å². The molecule has 1 rings (SSSR count). The van der Waals surface area contributed by atoms with Gasteiger partial charge in [0.15, 0.2) is 0 Å². The summed E-state index contributed by atoms with van der Waals surface area (Å²) in [5.41, 5.74) is 0. The molecule has 0 aliphatic rings. The number of alkyl halides is 3. The minimum atomic E-state index is -4.83. The molecule has 0 aliphatic heterocycles. The molecule has 0 fully saturated rings. The van der Waals surface area contributed by atoms with Crippen LogP contribution >= 0.6 is 0 Å². The molecule has 1 aromatic rings. The predicted molar refractivity (Wildman–Crippen MR) is 41.1 cm³/mol. The average Bonchev–Trinajstić information content (AvgIpc) is 2.62. The first-order valence-electron chi connectivity index (χ1n) is 3.79. The van der Waals surface area contributed by atoms with Gasteiger partial charge < -0.3 is 14.3 Å². The molecule has 0 saturated carbocycles. The zero-order chi connectivity index (χ0) is 11.6. The molecule has 0 radical (unpaired) electrons. The van der Waals surface area contributed by atoms with E-state index in [1.54, 1.807) is 0 Å². The van der Waals surface area contributed by atoms with Crippen LogP contribution in [0.3, 0.4) is 0 Å². The molecule has 1 atom stereocenters. The number of methoxy groups -OCH3 is 1. The second-order valence-electron chi connectivity index (χ2n) is 2.64. The van der Waals surface area contributed by atoms with E-state index in [1.165, 1.54) is 0 Å². The van der Waals surface area contributed by atoms with Crippen LogP contribution in [0.15, 0.2) is 16.5 Å². The highest BCUT2D eigenvalue weighted by molar-refractivity contribution is 5.86. The summed E-state index contributed by atoms with van der Waals surface area (Å²) < 4.78 is 44.7. The molecule has 0 aromatic carbocycles. The molecule has 0 amide bonds. The number of halogens is 3. The Kier molecular flexibility index (Phi) is 3.04. The minimum absolute atomic E-state index is 0.393. The Hall–Kier alpha value is -1.50. The van der Waals surface area contributed by atoms with Gasteiger partial charge in [0.25, 0.3) is 0 Å². The molecule has 0 bridgehead atoms. The first kappa shape index (κ1) is 11.6. The number of furan rings is 1. The molecule has 1 heterocycles. The number of carbonyl (C=O) groups is 1. The quantitative estimate of drug-likeness (QED) is 0.776. The van der Waals surface area contributed by atoms with Crippen LogP contribution in [0.4, 0.5) is 13.2 Å². The lowest BCUT2D eigenvalue weighted by Gasteiger charge is -2.11. The van der Waals surface area contributed by atoms with Gasteiger partial charge >= 0.3 is 12.1 Å². The Bertz CT molecular complexity index is 355. The summed E-state index contributed by atoms with van der Waals surface area (Å²) in [5.74, 6) is -2.05. The number of ether oxygens (including phenoxy) is 1. The van der Waals surface area contributed by atoms with Crippen LogP contribution in [0, 0.1) is 0 Å². The molecule has 1 N–H and O–H groups in total. The zero-order valence-corrected chi connectivity index (χ0v) is 7.54.